The number of carbonyl (C=O) groups is 2. The largest absolute Gasteiger partial charge is 0.269 e. The van der Waals surface area contributed by atoms with Gasteiger partial charge in [-0.15, -0.1) is 0 Å². The van der Waals surface area contributed by atoms with Gasteiger partial charge in [-0.1, -0.05) is 12.1 Å². The summed E-state index contributed by atoms with van der Waals surface area (Å²) < 4.78 is 0. The molecule has 0 radical (unpaired) electrons. The van der Waals surface area contributed by atoms with Crippen molar-refractivity contribution in [1.29, 1.82) is 0 Å². The van der Waals surface area contributed by atoms with Gasteiger partial charge in [-0.2, -0.15) is 0 Å². The Balaban J connectivity index is 2.42. The van der Waals surface area contributed by atoms with Gasteiger partial charge < -0.3 is 0 Å². The molecule has 3 nitrogen and oxygen atoms in total. The van der Waals surface area contributed by atoms with Gasteiger partial charge in [0.1, 0.15) is 0 Å². The molecule has 1 aromatic rings. The summed E-state index contributed by atoms with van der Waals surface area (Å²) in [6.45, 7) is 0. The zero-order chi connectivity index (χ0) is 9.00. The Kier molecular flexibility index (Phi) is 0.953. The summed E-state index contributed by atoms with van der Waals surface area (Å²) in [4.78, 5) is 24.1. The molecule has 3 heterocycles. The smallest absolute Gasteiger partial charge is 0.266 e. The first kappa shape index (κ1) is 6.60. The molecule has 0 aliphatic carbocycles. The fourth-order valence-electron chi connectivity index (χ4n) is 1.71. The number of hydrogen-bond donors (Lipinski definition) is 0. The van der Waals surface area contributed by atoms with Crippen LogP contribution in [-0.2, 0) is 9.59 Å². The molecule has 4 bridgehead atoms. The minimum Gasteiger partial charge on any atom is -0.269 e. The molecule has 0 fully saturated rings. The number of imide groups is 1. The lowest BCUT2D eigenvalue weighted by molar-refractivity contribution is -0.119. The normalized spacial score (nSPS) is 17.8. The highest BCUT2D eigenvalue weighted by Crippen LogP contribution is 2.33. The third-order valence-corrected chi connectivity index (χ3v) is 2.36. The molecule has 13 heavy (non-hydrogen) atoms. The Bertz CT molecular complexity index is 456. The number of hydrogen-bond acceptors (Lipinski definition) is 2. The molecule has 0 aromatic heterocycles. The van der Waals surface area contributed by atoms with E-state index in [0.29, 0.717) is 11.3 Å². The lowest BCUT2D eigenvalue weighted by Gasteiger charge is -2.11. The third-order valence-electron chi connectivity index (χ3n) is 2.36. The predicted octanol–water partition coefficient (Wildman–Crippen LogP) is 0.957. The maximum atomic E-state index is 11.6. The molecule has 3 aliphatic rings. The molecule has 3 heteroatoms. The molecule has 4 rings (SSSR count). The van der Waals surface area contributed by atoms with Gasteiger partial charge in [-0.3, -0.25) is 9.59 Å². The van der Waals surface area contributed by atoms with Gasteiger partial charge in [0, 0.05) is 6.08 Å². The van der Waals surface area contributed by atoms with Crippen molar-refractivity contribution < 1.29 is 9.59 Å². The number of rotatable bonds is 0. The fourth-order valence-corrected chi connectivity index (χ4v) is 1.71. The van der Waals surface area contributed by atoms with Crippen molar-refractivity contribution in [3.63, 3.8) is 0 Å². The second kappa shape index (κ2) is 1.88. The second-order valence-electron chi connectivity index (χ2n) is 3.08. The van der Waals surface area contributed by atoms with Crippen molar-refractivity contribution in [3.8, 4) is 0 Å². The van der Waals surface area contributed by atoms with Crippen LogP contribution in [0, 0.1) is 0 Å². The Morgan fingerprint density at radius 1 is 1.00 bits per heavy atom. The maximum Gasteiger partial charge on any atom is 0.266 e. The second-order valence-corrected chi connectivity index (χ2v) is 3.08. The lowest BCUT2D eigenvalue weighted by Crippen LogP contribution is -2.29. The van der Waals surface area contributed by atoms with Crippen LogP contribution in [0.3, 0.4) is 0 Å². The summed E-state index contributed by atoms with van der Waals surface area (Å²) in [5.41, 5.74) is 1.98. The highest BCUT2D eigenvalue weighted by molar-refractivity contribution is 6.44. The number of amides is 2. The van der Waals surface area contributed by atoms with Crippen molar-refractivity contribution in [2.45, 2.75) is 0 Å². The number of benzene rings is 1. The van der Waals surface area contributed by atoms with E-state index in [-0.39, 0.29) is 11.8 Å². The zero-order valence-electron chi connectivity index (χ0n) is 6.65. The molecular weight excluding hydrogens is 166 g/mol. The summed E-state index contributed by atoms with van der Waals surface area (Å²) in [6, 6.07) is 7.27. The highest BCUT2D eigenvalue weighted by Gasteiger charge is 2.35. The van der Waals surface area contributed by atoms with E-state index in [1.807, 2.05) is 12.1 Å². The minimum atomic E-state index is -0.235. The summed E-state index contributed by atoms with van der Waals surface area (Å²) in [5.74, 6) is -0.439. The van der Waals surface area contributed by atoms with E-state index in [9.17, 15) is 9.59 Å². The quantitative estimate of drug-likeness (QED) is 0.545. The third kappa shape index (κ3) is 0.643. The topological polar surface area (TPSA) is 37.4 Å². The van der Waals surface area contributed by atoms with Gasteiger partial charge in [0.05, 0.1) is 11.3 Å². The van der Waals surface area contributed by atoms with Crippen LogP contribution in [0.15, 0.2) is 30.3 Å². The average Bonchev–Trinajstić information content (AvgIpc) is 2.26. The first-order valence-corrected chi connectivity index (χ1v) is 3.98. The molecule has 0 N–H and O–H groups in total. The van der Waals surface area contributed by atoms with Crippen molar-refractivity contribution in [3.05, 3.63) is 35.9 Å². The van der Waals surface area contributed by atoms with Crippen LogP contribution < -0.4 is 4.90 Å². The molecule has 0 atom stereocenters. The Morgan fingerprint density at radius 2 is 1.69 bits per heavy atom. The number of carbonyl (C=O) groups excluding carboxylic acids is 2. The Hall–Kier alpha value is -1.90. The number of anilines is 1. The van der Waals surface area contributed by atoms with E-state index in [1.54, 1.807) is 12.1 Å². The van der Waals surface area contributed by atoms with Crippen LogP contribution in [0.4, 0.5) is 5.69 Å². The van der Waals surface area contributed by atoms with Crippen LogP contribution in [0.5, 0.6) is 0 Å². The fraction of sp³-hybridized carbons (Fsp3) is 0. The van der Waals surface area contributed by atoms with E-state index >= 15 is 0 Å². The van der Waals surface area contributed by atoms with Gasteiger partial charge >= 0.3 is 0 Å². The summed E-state index contributed by atoms with van der Waals surface area (Å²) in [7, 11) is 0. The summed E-state index contributed by atoms with van der Waals surface area (Å²) >= 11 is 0. The van der Waals surface area contributed by atoms with Gasteiger partial charge in [-0.05, 0) is 17.7 Å². The minimum absolute atomic E-state index is 0.204. The van der Waals surface area contributed by atoms with E-state index < -0.39 is 0 Å². The van der Waals surface area contributed by atoms with Crippen molar-refractivity contribution in [2.24, 2.45) is 0 Å². The molecule has 2 amide bonds. The Morgan fingerprint density at radius 3 is 2.38 bits per heavy atom. The van der Waals surface area contributed by atoms with Gasteiger partial charge in [0.15, 0.2) is 0 Å². The average molecular weight is 171 g/mol. The first-order chi connectivity index (χ1) is 6.27. The molecular formula is C10H5NO2. The van der Waals surface area contributed by atoms with Crippen LogP contribution in [0.25, 0.3) is 5.57 Å². The summed E-state index contributed by atoms with van der Waals surface area (Å²) in [5, 5.41) is 0. The number of nitrogens with zero attached hydrogens (tertiary/aromatic N) is 1. The first-order valence-electron chi connectivity index (χ1n) is 3.98. The SMILES string of the molecule is O=C1C=C2C(=O)N1c1ccc2cc1. The van der Waals surface area contributed by atoms with E-state index in [1.165, 1.54) is 11.0 Å². The Labute approximate surface area is 74.3 Å². The van der Waals surface area contributed by atoms with Crippen LogP contribution in [0.2, 0.25) is 0 Å². The molecule has 0 unspecified atom stereocenters. The molecule has 62 valence electrons. The molecule has 0 saturated heterocycles. The predicted molar refractivity (Wildman–Crippen MR) is 46.9 cm³/mol. The van der Waals surface area contributed by atoms with Crippen LogP contribution in [-0.4, -0.2) is 11.8 Å². The zero-order valence-corrected chi connectivity index (χ0v) is 6.65. The summed E-state index contributed by atoms with van der Waals surface area (Å²) in [6.07, 6.45) is 1.39. The molecule has 0 saturated carbocycles. The number of fused-ring (bicyclic) bond motifs is 2. The van der Waals surface area contributed by atoms with Crippen molar-refractivity contribution >= 4 is 23.1 Å². The van der Waals surface area contributed by atoms with Gasteiger partial charge in [-0.25, -0.2) is 4.90 Å². The highest BCUT2D eigenvalue weighted by atomic mass is 16.2. The van der Waals surface area contributed by atoms with Crippen molar-refractivity contribution in [2.75, 3.05) is 4.90 Å². The van der Waals surface area contributed by atoms with E-state index in [2.05, 4.69) is 0 Å². The van der Waals surface area contributed by atoms with Gasteiger partial charge in [0.2, 0.25) is 0 Å². The molecule has 3 aliphatic heterocycles. The van der Waals surface area contributed by atoms with Crippen LogP contribution in [0.1, 0.15) is 5.56 Å². The van der Waals surface area contributed by atoms with E-state index in [4.69, 9.17) is 0 Å². The standard InChI is InChI=1S/C10H5NO2/c12-9-5-8-6-1-3-7(4-2-6)11(9)10(8)13/h1-5H. The molecule has 0 spiro atoms. The van der Waals surface area contributed by atoms with Gasteiger partial charge in [0.25, 0.3) is 11.8 Å². The maximum absolute atomic E-state index is 11.6. The molecule has 1 aromatic carbocycles. The van der Waals surface area contributed by atoms with Crippen molar-refractivity contribution in [1.82, 2.24) is 0 Å². The monoisotopic (exact) mass is 171 g/mol. The van der Waals surface area contributed by atoms with E-state index in [0.717, 1.165) is 5.56 Å². The lowest BCUT2D eigenvalue weighted by atomic mass is 10.1. The van der Waals surface area contributed by atoms with Crippen LogP contribution >= 0.6 is 0 Å².